The molecule has 1 saturated heterocycles. The van der Waals surface area contributed by atoms with Crippen LogP contribution in [0.25, 0.3) is 6.08 Å². The molecule has 1 fully saturated rings. The van der Waals surface area contributed by atoms with Gasteiger partial charge in [-0.05, 0) is 42.0 Å². The van der Waals surface area contributed by atoms with Crippen LogP contribution < -0.4 is 5.32 Å². The molecule has 122 valence electrons. The molecule has 0 unspecified atom stereocenters. The molecule has 0 spiro atoms. The second kappa shape index (κ2) is 7.89. The van der Waals surface area contributed by atoms with Gasteiger partial charge in [-0.3, -0.25) is 19.3 Å². The first kappa shape index (κ1) is 17.2. The molecule has 0 saturated carbocycles. The van der Waals surface area contributed by atoms with Gasteiger partial charge in [0.1, 0.15) is 12.4 Å². The van der Waals surface area contributed by atoms with E-state index in [1.165, 1.54) is 30.3 Å². The number of aliphatic hydroxyl groups excluding tert-OH is 1. The molecule has 0 atom stereocenters. The summed E-state index contributed by atoms with van der Waals surface area (Å²) in [7, 11) is 0. The molecule has 0 aliphatic carbocycles. The van der Waals surface area contributed by atoms with Crippen LogP contribution in [0.2, 0.25) is 0 Å². The number of rotatable bonds is 6. The average molecular weight is 338 g/mol. The van der Waals surface area contributed by atoms with Crippen molar-refractivity contribution in [3.8, 4) is 0 Å². The summed E-state index contributed by atoms with van der Waals surface area (Å²) in [5, 5.41) is 10.6. The van der Waals surface area contributed by atoms with E-state index in [9.17, 15) is 18.8 Å². The van der Waals surface area contributed by atoms with Crippen LogP contribution in [0.1, 0.15) is 12.0 Å². The highest BCUT2D eigenvalue weighted by Gasteiger charge is 2.36. The van der Waals surface area contributed by atoms with Crippen molar-refractivity contribution in [2.75, 3.05) is 19.7 Å². The van der Waals surface area contributed by atoms with Crippen LogP contribution in [0.4, 0.5) is 9.18 Å². The van der Waals surface area contributed by atoms with E-state index in [2.05, 4.69) is 5.32 Å². The number of hydrogen-bond acceptors (Lipinski definition) is 5. The normalized spacial score (nSPS) is 16.3. The van der Waals surface area contributed by atoms with Crippen molar-refractivity contribution < 1.29 is 23.9 Å². The van der Waals surface area contributed by atoms with E-state index < -0.39 is 22.9 Å². The highest BCUT2D eigenvalue weighted by molar-refractivity contribution is 8.18. The minimum atomic E-state index is -0.554. The number of hydrogen-bond donors (Lipinski definition) is 2. The number of nitrogens with one attached hydrogen (secondary N) is 1. The van der Waals surface area contributed by atoms with Crippen molar-refractivity contribution in [1.82, 2.24) is 10.2 Å². The molecule has 8 heteroatoms. The van der Waals surface area contributed by atoms with Gasteiger partial charge in [-0.1, -0.05) is 12.1 Å². The smallest absolute Gasteiger partial charge is 0.294 e. The lowest BCUT2D eigenvalue weighted by Gasteiger charge is -2.12. The highest BCUT2D eigenvalue weighted by atomic mass is 32.2. The Morgan fingerprint density at radius 2 is 2.00 bits per heavy atom. The van der Waals surface area contributed by atoms with Gasteiger partial charge in [0.05, 0.1) is 4.91 Å². The minimum Gasteiger partial charge on any atom is -0.396 e. The van der Waals surface area contributed by atoms with Gasteiger partial charge >= 0.3 is 0 Å². The lowest BCUT2D eigenvalue weighted by molar-refractivity contribution is -0.129. The van der Waals surface area contributed by atoms with Gasteiger partial charge in [0.25, 0.3) is 11.1 Å². The average Bonchev–Trinajstić information content (AvgIpc) is 2.77. The predicted molar refractivity (Wildman–Crippen MR) is 83.8 cm³/mol. The van der Waals surface area contributed by atoms with Gasteiger partial charge in [-0.2, -0.15) is 0 Å². The van der Waals surface area contributed by atoms with E-state index in [1.54, 1.807) is 0 Å². The van der Waals surface area contributed by atoms with E-state index in [0.29, 0.717) is 12.0 Å². The summed E-state index contributed by atoms with van der Waals surface area (Å²) in [5.74, 6) is -1.42. The standard InChI is InChI=1S/C15H15FN2O4S/c16-11-4-2-10(3-5-11)8-12-14(21)18(15(22)23-12)9-13(20)17-6-1-7-19/h2-5,8,19H,1,6-7,9H2,(H,17,20)/b12-8-. The lowest BCUT2D eigenvalue weighted by Crippen LogP contribution is -2.39. The summed E-state index contributed by atoms with van der Waals surface area (Å²) in [6.07, 6.45) is 1.88. The Hall–Kier alpha value is -2.19. The molecule has 3 amide bonds. The minimum absolute atomic E-state index is 0.0533. The third-order valence-electron chi connectivity index (χ3n) is 3.00. The maximum absolute atomic E-state index is 12.9. The Balaban J connectivity index is 2.02. The molecular weight excluding hydrogens is 323 g/mol. The quantitative estimate of drug-likeness (QED) is 0.604. The first-order valence-corrected chi connectivity index (χ1v) is 7.71. The third-order valence-corrected chi connectivity index (χ3v) is 3.91. The largest absolute Gasteiger partial charge is 0.396 e. The zero-order valence-corrected chi connectivity index (χ0v) is 12.9. The molecule has 23 heavy (non-hydrogen) atoms. The Bertz CT molecular complexity index is 645. The maximum atomic E-state index is 12.9. The molecule has 0 radical (unpaired) electrons. The molecule has 1 aliphatic heterocycles. The lowest BCUT2D eigenvalue weighted by atomic mass is 10.2. The summed E-state index contributed by atoms with van der Waals surface area (Å²) in [6, 6.07) is 5.49. The van der Waals surface area contributed by atoms with Crippen LogP contribution in [-0.4, -0.2) is 46.8 Å². The van der Waals surface area contributed by atoms with Crippen LogP contribution in [0.15, 0.2) is 29.2 Å². The van der Waals surface area contributed by atoms with Gasteiger partial charge in [-0.15, -0.1) is 0 Å². The van der Waals surface area contributed by atoms with E-state index in [0.717, 1.165) is 16.7 Å². The second-order valence-electron chi connectivity index (χ2n) is 4.75. The molecule has 0 bridgehead atoms. The molecule has 2 rings (SSSR count). The fraction of sp³-hybridized carbons (Fsp3) is 0.267. The number of thioether (sulfide) groups is 1. The molecular formula is C15H15FN2O4S. The molecule has 2 N–H and O–H groups in total. The number of nitrogens with zero attached hydrogens (tertiary/aromatic N) is 1. The topological polar surface area (TPSA) is 86.7 Å². The van der Waals surface area contributed by atoms with Crippen molar-refractivity contribution in [3.05, 3.63) is 40.6 Å². The maximum Gasteiger partial charge on any atom is 0.294 e. The van der Waals surface area contributed by atoms with Gasteiger partial charge < -0.3 is 10.4 Å². The Morgan fingerprint density at radius 1 is 1.30 bits per heavy atom. The van der Waals surface area contributed by atoms with E-state index in [1.807, 2.05) is 0 Å². The van der Waals surface area contributed by atoms with Crippen molar-refractivity contribution in [3.63, 3.8) is 0 Å². The van der Waals surface area contributed by atoms with Crippen LogP contribution in [0.5, 0.6) is 0 Å². The number of benzene rings is 1. The van der Waals surface area contributed by atoms with Crippen molar-refractivity contribution in [2.45, 2.75) is 6.42 Å². The third kappa shape index (κ3) is 4.64. The molecule has 0 aromatic heterocycles. The highest BCUT2D eigenvalue weighted by Crippen LogP contribution is 2.31. The van der Waals surface area contributed by atoms with Crippen molar-refractivity contribution >= 4 is 34.9 Å². The molecule has 1 aromatic rings. The fourth-order valence-corrected chi connectivity index (χ4v) is 2.69. The number of imide groups is 1. The molecule has 1 aliphatic rings. The summed E-state index contributed by atoms with van der Waals surface area (Å²) in [5.41, 5.74) is 0.587. The first-order chi connectivity index (χ1) is 11.0. The zero-order valence-electron chi connectivity index (χ0n) is 12.1. The first-order valence-electron chi connectivity index (χ1n) is 6.90. The van der Waals surface area contributed by atoms with Crippen LogP contribution in [0.3, 0.4) is 0 Å². The number of carbonyl (C=O) groups is 3. The SMILES string of the molecule is O=C(CN1C(=O)S/C(=C\c2ccc(F)cc2)C1=O)NCCCO. The molecule has 6 nitrogen and oxygen atoms in total. The van der Waals surface area contributed by atoms with Crippen molar-refractivity contribution in [2.24, 2.45) is 0 Å². The summed E-state index contributed by atoms with van der Waals surface area (Å²) < 4.78 is 12.9. The van der Waals surface area contributed by atoms with Crippen LogP contribution >= 0.6 is 11.8 Å². The zero-order chi connectivity index (χ0) is 16.8. The van der Waals surface area contributed by atoms with Crippen LogP contribution in [-0.2, 0) is 9.59 Å². The number of carbonyl (C=O) groups excluding carboxylic acids is 3. The van der Waals surface area contributed by atoms with E-state index in [4.69, 9.17) is 5.11 Å². The fourth-order valence-electron chi connectivity index (χ4n) is 1.85. The predicted octanol–water partition coefficient (Wildman–Crippen LogP) is 1.36. The summed E-state index contributed by atoms with van der Waals surface area (Å²) in [4.78, 5) is 36.7. The number of aliphatic hydroxyl groups is 1. The number of halogens is 1. The van der Waals surface area contributed by atoms with Gasteiger partial charge in [0, 0.05) is 13.2 Å². The van der Waals surface area contributed by atoms with Gasteiger partial charge in [0.2, 0.25) is 5.91 Å². The summed E-state index contributed by atoms with van der Waals surface area (Å²) >= 11 is 0.736. The second-order valence-corrected chi connectivity index (χ2v) is 5.74. The Morgan fingerprint density at radius 3 is 2.65 bits per heavy atom. The monoisotopic (exact) mass is 338 g/mol. The molecule has 1 heterocycles. The van der Waals surface area contributed by atoms with Crippen molar-refractivity contribution in [1.29, 1.82) is 0 Å². The number of amides is 3. The van der Waals surface area contributed by atoms with Gasteiger partial charge in [-0.25, -0.2) is 4.39 Å². The Labute approximate surface area is 136 Å². The Kier molecular flexibility index (Phi) is 5.89. The van der Waals surface area contributed by atoms with Crippen LogP contribution in [0, 0.1) is 5.82 Å². The summed E-state index contributed by atoms with van der Waals surface area (Å²) in [6.45, 7) is -0.143. The molecule has 1 aromatic carbocycles. The van der Waals surface area contributed by atoms with E-state index >= 15 is 0 Å². The van der Waals surface area contributed by atoms with Gasteiger partial charge in [0.15, 0.2) is 0 Å². The van der Waals surface area contributed by atoms with E-state index in [-0.39, 0.29) is 24.6 Å².